The Hall–Kier alpha value is -2.69. The minimum Gasteiger partial charge on any atom is -0.301 e. The van der Waals surface area contributed by atoms with Crippen molar-refractivity contribution in [2.24, 2.45) is 0 Å². The van der Waals surface area contributed by atoms with Crippen molar-refractivity contribution >= 4 is 34.1 Å². The van der Waals surface area contributed by atoms with Crippen LogP contribution < -0.4 is 5.32 Å². The average Bonchev–Trinajstić information content (AvgIpc) is 3.20. The van der Waals surface area contributed by atoms with Gasteiger partial charge in [-0.25, -0.2) is 9.97 Å². The predicted octanol–water partition coefficient (Wildman–Crippen LogP) is 4.99. The van der Waals surface area contributed by atoms with Crippen molar-refractivity contribution < 1.29 is 4.79 Å². The lowest BCUT2D eigenvalue weighted by atomic mass is 9.95. The molecule has 1 aromatic carbocycles. The number of rotatable bonds is 5. The second kappa shape index (κ2) is 8.76. The molecule has 29 heavy (non-hydrogen) atoms. The molecule has 4 rings (SSSR count). The number of nitrogens with zero attached hydrogens (tertiary/aromatic N) is 3. The first-order valence-electron chi connectivity index (χ1n) is 9.50. The fourth-order valence-electron chi connectivity index (χ4n) is 3.28. The summed E-state index contributed by atoms with van der Waals surface area (Å²) in [5.41, 5.74) is 5.87. The zero-order valence-corrected chi connectivity index (χ0v) is 17.7. The standard InChI is InChI=1S/C22H20N4OS2/c1-14-6-8-15(9-7-14)19-12-29-22(25-19)26-20(27)13-28-21-17(11-23)10-16-4-2-3-5-18(16)24-21/h6-10,12H,2-5,13H2,1H3,(H,25,26,27). The normalized spacial score (nSPS) is 12.8. The number of nitriles is 1. The third-order valence-electron chi connectivity index (χ3n) is 4.82. The van der Waals surface area contributed by atoms with Gasteiger partial charge in [0, 0.05) is 16.6 Å². The van der Waals surface area contributed by atoms with Crippen LogP contribution in [0.25, 0.3) is 11.3 Å². The molecule has 0 aliphatic heterocycles. The number of hydrogen-bond acceptors (Lipinski definition) is 6. The number of anilines is 1. The summed E-state index contributed by atoms with van der Waals surface area (Å²) in [5, 5.41) is 15.4. The van der Waals surface area contributed by atoms with E-state index in [0.717, 1.165) is 42.6 Å². The fraction of sp³-hybridized carbons (Fsp3) is 0.273. The summed E-state index contributed by atoms with van der Waals surface area (Å²) in [6, 6.07) is 12.3. The predicted molar refractivity (Wildman–Crippen MR) is 117 cm³/mol. The summed E-state index contributed by atoms with van der Waals surface area (Å²) in [4.78, 5) is 21.6. The van der Waals surface area contributed by atoms with Crippen LogP contribution in [0.2, 0.25) is 0 Å². The van der Waals surface area contributed by atoms with Crippen LogP contribution in [0.1, 0.15) is 35.2 Å². The van der Waals surface area contributed by atoms with Gasteiger partial charge in [0.15, 0.2) is 5.13 Å². The Morgan fingerprint density at radius 2 is 2.03 bits per heavy atom. The van der Waals surface area contributed by atoms with Gasteiger partial charge in [-0.05, 0) is 44.2 Å². The second-order valence-corrected chi connectivity index (χ2v) is 8.83. The minimum absolute atomic E-state index is 0.150. The quantitative estimate of drug-likeness (QED) is 0.588. The van der Waals surface area contributed by atoms with E-state index in [2.05, 4.69) is 21.4 Å². The molecule has 1 amide bonds. The second-order valence-electron chi connectivity index (χ2n) is 7.01. The number of aryl methyl sites for hydroxylation is 3. The number of thiazole rings is 1. The van der Waals surface area contributed by atoms with Crippen molar-refractivity contribution in [1.82, 2.24) is 9.97 Å². The largest absolute Gasteiger partial charge is 0.301 e. The maximum atomic E-state index is 12.4. The lowest BCUT2D eigenvalue weighted by Crippen LogP contribution is -2.14. The summed E-state index contributed by atoms with van der Waals surface area (Å²) in [6.07, 6.45) is 4.20. The molecular formula is C22H20N4OS2. The number of carbonyl (C=O) groups excluding carboxylic acids is 1. The Balaban J connectivity index is 1.40. The first-order valence-corrected chi connectivity index (χ1v) is 11.4. The van der Waals surface area contributed by atoms with Gasteiger partial charge in [-0.3, -0.25) is 4.79 Å². The Morgan fingerprint density at radius 1 is 1.24 bits per heavy atom. The van der Waals surface area contributed by atoms with Crippen molar-refractivity contribution in [2.45, 2.75) is 37.6 Å². The lowest BCUT2D eigenvalue weighted by molar-refractivity contribution is -0.113. The molecule has 1 N–H and O–H groups in total. The number of amides is 1. The fourth-order valence-corrected chi connectivity index (χ4v) is 4.79. The van der Waals surface area contributed by atoms with Crippen molar-refractivity contribution in [3.8, 4) is 17.3 Å². The minimum atomic E-state index is -0.150. The summed E-state index contributed by atoms with van der Waals surface area (Å²) in [5.74, 6) is 0.0446. The highest BCUT2D eigenvalue weighted by Gasteiger charge is 2.17. The average molecular weight is 421 g/mol. The summed E-state index contributed by atoms with van der Waals surface area (Å²) in [7, 11) is 0. The van der Waals surface area contributed by atoms with Gasteiger partial charge in [0.2, 0.25) is 5.91 Å². The molecule has 2 heterocycles. The molecule has 0 bridgehead atoms. The molecule has 0 spiro atoms. The summed E-state index contributed by atoms with van der Waals surface area (Å²) < 4.78 is 0. The van der Waals surface area contributed by atoms with Gasteiger partial charge < -0.3 is 5.32 Å². The number of nitrogens with one attached hydrogen (secondary N) is 1. The summed E-state index contributed by atoms with van der Waals surface area (Å²) >= 11 is 2.71. The molecule has 0 saturated heterocycles. The number of thioether (sulfide) groups is 1. The van der Waals surface area contributed by atoms with Crippen LogP contribution in [0.15, 0.2) is 40.7 Å². The Kier molecular flexibility index (Phi) is 5.93. The van der Waals surface area contributed by atoms with E-state index in [1.54, 1.807) is 0 Å². The zero-order valence-electron chi connectivity index (χ0n) is 16.1. The van der Waals surface area contributed by atoms with Crippen LogP contribution >= 0.6 is 23.1 Å². The number of benzene rings is 1. The Bertz CT molecular complexity index is 1080. The van der Waals surface area contributed by atoms with Gasteiger partial charge in [0.1, 0.15) is 11.1 Å². The van der Waals surface area contributed by atoms with E-state index in [1.807, 2.05) is 42.6 Å². The molecule has 0 atom stereocenters. The van der Waals surface area contributed by atoms with Crippen molar-refractivity contribution in [2.75, 3.05) is 11.1 Å². The molecule has 146 valence electrons. The molecule has 3 aromatic rings. The molecule has 1 aliphatic carbocycles. The molecule has 0 unspecified atom stereocenters. The summed E-state index contributed by atoms with van der Waals surface area (Å²) in [6.45, 7) is 2.04. The maximum Gasteiger partial charge on any atom is 0.236 e. The Morgan fingerprint density at radius 3 is 2.83 bits per heavy atom. The van der Waals surface area contributed by atoms with Gasteiger partial charge in [-0.15, -0.1) is 11.3 Å². The molecule has 1 aliphatic rings. The molecule has 7 heteroatoms. The van der Waals surface area contributed by atoms with Crippen molar-refractivity contribution in [3.63, 3.8) is 0 Å². The van der Waals surface area contributed by atoms with E-state index in [1.165, 1.54) is 34.2 Å². The van der Waals surface area contributed by atoms with E-state index in [4.69, 9.17) is 0 Å². The van der Waals surface area contributed by atoms with Gasteiger partial charge in [0.25, 0.3) is 0 Å². The number of fused-ring (bicyclic) bond motifs is 1. The smallest absolute Gasteiger partial charge is 0.236 e. The monoisotopic (exact) mass is 420 g/mol. The number of aromatic nitrogens is 2. The van der Waals surface area contributed by atoms with Crippen LogP contribution in [0.3, 0.4) is 0 Å². The van der Waals surface area contributed by atoms with E-state index in [0.29, 0.717) is 15.7 Å². The van der Waals surface area contributed by atoms with Crippen LogP contribution in [0, 0.1) is 18.3 Å². The molecule has 2 aromatic heterocycles. The van der Waals surface area contributed by atoms with Crippen molar-refractivity contribution in [1.29, 1.82) is 5.26 Å². The van der Waals surface area contributed by atoms with E-state index >= 15 is 0 Å². The first kappa shape index (κ1) is 19.6. The van der Waals surface area contributed by atoms with Gasteiger partial charge >= 0.3 is 0 Å². The first-order chi connectivity index (χ1) is 14.1. The molecular weight excluding hydrogens is 400 g/mol. The van der Waals surface area contributed by atoms with Gasteiger partial charge in [-0.2, -0.15) is 5.26 Å². The van der Waals surface area contributed by atoms with E-state index < -0.39 is 0 Å². The SMILES string of the molecule is Cc1ccc(-c2csc(NC(=O)CSc3nc4c(cc3C#N)CCCC4)n2)cc1. The van der Waals surface area contributed by atoms with Crippen LogP contribution in [0.4, 0.5) is 5.13 Å². The lowest BCUT2D eigenvalue weighted by Gasteiger charge is -2.16. The molecule has 5 nitrogen and oxygen atoms in total. The third kappa shape index (κ3) is 4.66. The van der Waals surface area contributed by atoms with Crippen LogP contribution in [0.5, 0.6) is 0 Å². The highest BCUT2D eigenvalue weighted by molar-refractivity contribution is 8.00. The number of carbonyl (C=O) groups is 1. The van der Waals surface area contributed by atoms with Crippen molar-refractivity contribution in [3.05, 3.63) is 58.1 Å². The highest BCUT2D eigenvalue weighted by Crippen LogP contribution is 2.28. The third-order valence-corrected chi connectivity index (χ3v) is 6.57. The Labute approximate surface area is 178 Å². The van der Waals surface area contributed by atoms with Gasteiger partial charge in [-0.1, -0.05) is 41.6 Å². The van der Waals surface area contributed by atoms with E-state index in [-0.39, 0.29) is 11.7 Å². The topological polar surface area (TPSA) is 78.7 Å². The number of pyridine rings is 1. The highest BCUT2D eigenvalue weighted by atomic mass is 32.2. The maximum absolute atomic E-state index is 12.4. The number of hydrogen-bond donors (Lipinski definition) is 1. The van der Waals surface area contributed by atoms with E-state index in [9.17, 15) is 10.1 Å². The zero-order chi connectivity index (χ0) is 20.2. The molecule has 0 radical (unpaired) electrons. The molecule has 0 fully saturated rings. The molecule has 0 saturated carbocycles. The van der Waals surface area contributed by atoms with Crippen LogP contribution in [-0.4, -0.2) is 21.6 Å². The van der Waals surface area contributed by atoms with Crippen LogP contribution in [-0.2, 0) is 17.6 Å². The van der Waals surface area contributed by atoms with Gasteiger partial charge in [0.05, 0.1) is 17.0 Å².